The van der Waals surface area contributed by atoms with Gasteiger partial charge >= 0.3 is 0 Å². The first kappa shape index (κ1) is 16.6. The number of hydrogen-bond donors (Lipinski definition) is 0. The zero-order valence-electron chi connectivity index (χ0n) is 11.2. The summed E-state index contributed by atoms with van der Waals surface area (Å²) in [4.78, 5) is 12.6. The maximum Gasteiger partial charge on any atom is 0.197 e. The highest BCUT2D eigenvalue weighted by atomic mass is 79.9. The van der Waals surface area contributed by atoms with Crippen molar-refractivity contribution in [2.45, 2.75) is 39.2 Å². The van der Waals surface area contributed by atoms with Crippen LogP contribution in [-0.4, -0.2) is 18.0 Å². The molecule has 1 aromatic carbocycles. The molecule has 2 nitrogen and oxygen atoms in total. The van der Waals surface area contributed by atoms with E-state index in [0.29, 0.717) is 23.9 Å². The van der Waals surface area contributed by atoms with Crippen molar-refractivity contribution >= 4 is 33.3 Å². The van der Waals surface area contributed by atoms with Crippen molar-refractivity contribution in [3.8, 4) is 0 Å². The van der Waals surface area contributed by atoms with Gasteiger partial charge in [-0.05, 0) is 47.8 Å². The topological polar surface area (TPSA) is 26.3 Å². The largest absolute Gasteiger partial charge is 0.367 e. The Balaban J connectivity index is 3.28. The first-order valence-electron chi connectivity index (χ1n) is 6.25. The minimum Gasteiger partial charge on any atom is -0.367 e. The minimum atomic E-state index is -0.979. The lowest BCUT2D eigenvalue weighted by atomic mass is 9.87. The molecule has 5 heteroatoms. The first-order valence-corrected chi connectivity index (χ1v) is 7.42. The second-order valence-electron chi connectivity index (χ2n) is 4.19. The smallest absolute Gasteiger partial charge is 0.197 e. The van der Waals surface area contributed by atoms with Gasteiger partial charge in [0.1, 0.15) is 5.60 Å². The van der Waals surface area contributed by atoms with Crippen LogP contribution >= 0.6 is 27.5 Å². The number of rotatable bonds is 6. The number of hydrogen-bond acceptors (Lipinski definition) is 2. The molecule has 1 rings (SSSR count). The number of carbonyl (C=O) groups excluding carboxylic acids is 1. The van der Waals surface area contributed by atoms with E-state index in [9.17, 15) is 9.18 Å². The number of benzene rings is 1. The van der Waals surface area contributed by atoms with Gasteiger partial charge in [0.25, 0.3) is 0 Å². The predicted octanol–water partition coefficient (Wildman–Crippen LogP) is 5.02. The fourth-order valence-corrected chi connectivity index (χ4v) is 2.53. The second kappa shape index (κ2) is 6.82. The van der Waals surface area contributed by atoms with Crippen molar-refractivity contribution in [1.82, 2.24) is 0 Å². The number of ketones is 1. The summed E-state index contributed by atoms with van der Waals surface area (Å²) < 4.78 is 20.1. The lowest BCUT2D eigenvalue weighted by molar-refractivity contribution is -0.0253. The van der Waals surface area contributed by atoms with Crippen LogP contribution in [0.1, 0.15) is 44.0 Å². The fourth-order valence-electron chi connectivity index (χ4n) is 2.06. The van der Waals surface area contributed by atoms with E-state index in [0.717, 1.165) is 0 Å². The number of Topliss-reactive ketones (excluding diaryl/α,β-unsaturated/α-hetero) is 1. The van der Waals surface area contributed by atoms with Gasteiger partial charge in [-0.3, -0.25) is 4.79 Å². The lowest BCUT2D eigenvalue weighted by Gasteiger charge is -2.30. The van der Waals surface area contributed by atoms with Crippen LogP contribution in [-0.2, 0) is 4.74 Å². The van der Waals surface area contributed by atoms with Gasteiger partial charge in [-0.1, -0.05) is 25.4 Å². The van der Waals surface area contributed by atoms with Crippen LogP contribution < -0.4 is 0 Å². The summed E-state index contributed by atoms with van der Waals surface area (Å²) in [7, 11) is 0. The zero-order valence-corrected chi connectivity index (χ0v) is 13.6. The van der Waals surface area contributed by atoms with Crippen LogP contribution in [0.2, 0.25) is 5.02 Å². The van der Waals surface area contributed by atoms with Gasteiger partial charge < -0.3 is 4.74 Å². The Kier molecular flexibility index (Phi) is 5.96. The molecule has 0 spiro atoms. The van der Waals surface area contributed by atoms with E-state index >= 15 is 0 Å². The molecule has 0 unspecified atom stereocenters. The number of ether oxygens (including phenoxy) is 1. The molecule has 0 radical (unpaired) electrons. The zero-order chi connectivity index (χ0) is 14.6. The third-order valence-electron chi connectivity index (χ3n) is 3.26. The Hall–Kier alpha value is -0.450. The van der Waals surface area contributed by atoms with Gasteiger partial charge in [-0.25, -0.2) is 4.39 Å². The van der Waals surface area contributed by atoms with Crippen LogP contribution in [0.15, 0.2) is 16.6 Å². The Morgan fingerprint density at radius 3 is 2.42 bits per heavy atom. The van der Waals surface area contributed by atoms with E-state index in [4.69, 9.17) is 16.3 Å². The average molecular weight is 352 g/mol. The molecule has 0 aliphatic rings. The maximum absolute atomic E-state index is 14.1. The van der Waals surface area contributed by atoms with Crippen molar-refractivity contribution in [3.63, 3.8) is 0 Å². The van der Waals surface area contributed by atoms with E-state index in [2.05, 4.69) is 15.9 Å². The Morgan fingerprint density at radius 1 is 1.37 bits per heavy atom. The lowest BCUT2D eigenvalue weighted by Crippen LogP contribution is -2.41. The van der Waals surface area contributed by atoms with Crippen LogP contribution in [0.25, 0.3) is 0 Å². The molecule has 0 heterocycles. The van der Waals surface area contributed by atoms with Gasteiger partial charge in [0.15, 0.2) is 11.6 Å². The molecule has 0 atom stereocenters. The molecule has 0 saturated heterocycles. The molecular formula is C14H17BrClFO2. The van der Waals surface area contributed by atoms with Crippen LogP contribution in [0, 0.1) is 5.82 Å². The van der Waals surface area contributed by atoms with E-state index in [1.807, 2.05) is 20.8 Å². The van der Waals surface area contributed by atoms with Gasteiger partial charge in [-0.2, -0.15) is 0 Å². The van der Waals surface area contributed by atoms with E-state index in [1.165, 1.54) is 6.07 Å². The van der Waals surface area contributed by atoms with Crippen molar-refractivity contribution < 1.29 is 13.9 Å². The van der Waals surface area contributed by atoms with Crippen LogP contribution in [0.4, 0.5) is 4.39 Å². The molecule has 106 valence electrons. The van der Waals surface area contributed by atoms with Crippen molar-refractivity contribution in [2.24, 2.45) is 0 Å². The van der Waals surface area contributed by atoms with E-state index < -0.39 is 11.4 Å². The molecule has 0 fully saturated rings. The molecule has 0 aliphatic carbocycles. The van der Waals surface area contributed by atoms with Crippen LogP contribution in [0.5, 0.6) is 0 Å². The third-order valence-corrected chi connectivity index (χ3v) is 4.52. The molecule has 0 saturated carbocycles. The van der Waals surface area contributed by atoms with Crippen molar-refractivity contribution in [3.05, 3.63) is 33.0 Å². The molecule has 0 bridgehead atoms. The molecular weight excluding hydrogens is 335 g/mol. The summed E-state index contributed by atoms with van der Waals surface area (Å²) in [6, 6.07) is 3.01. The highest BCUT2D eigenvalue weighted by molar-refractivity contribution is 9.10. The summed E-state index contributed by atoms with van der Waals surface area (Å²) in [6.45, 7) is 5.93. The molecule has 19 heavy (non-hydrogen) atoms. The number of halogens is 3. The predicted molar refractivity (Wildman–Crippen MR) is 78.4 cm³/mol. The van der Waals surface area contributed by atoms with E-state index in [-0.39, 0.29) is 16.4 Å². The molecule has 0 N–H and O–H groups in total. The monoisotopic (exact) mass is 350 g/mol. The average Bonchev–Trinajstić information content (AvgIpc) is 2.42. The normalized spacial score (nSPS) is 11.7. The van der Waals surface area contributed by atoms with E-state index in [1.54, 1.807) is 6.07 Å². The maximum atomic E-state index is 14.1. The summed E-state index contributed by atoms with van der Waals surface area (Å²) in [6.07, 6.45) is 0.979. The number of carbonyl (C=O) groups is 1. The van der Waals surface area contributed by atoms with Gasteiger partial charge in [0.2, 0.25) is 0 Å². The van der Waals surface area contributed by atoms with Crippen LogP contribution in [0.3, 0.4) is 0 Å². The SMILES string of the molecule is CCOC(CC)(CC)C(=O)c1ccc(Br)c(Cl)c1F. The first-order chi connectivity index (χ1) is 8.93. The Labute approximate surface area is 126 Å². The molecule has 0 amide bonds. The summed E-state index contributed by atoms with van der Waals surface area (Å²) >= 11 is 8.96. The summed E-state index contributed by atoms with van der Waals surface area (Å²) in [5, 5.41) is -0.0801. The summed E-state index contributed by atoms with van der Waals surface area (Å²) in [5.41, 5.74) is -1.00. The molecule has 0 aliphatic heterocycles. The minimum absolute atomic E-state index is 0.0228. The highest BCUT2D eigenvalue weighted by Gasteiger charge is 2.38. The van der Waals surface area contributed by atoms with Gasteiger partial charge in [0, 0.05) is 11.1 Å². The quantitative estimate of drug-likeness (QED) is 0.531. The van der Waals surface area contributed by atoms with Gasteiger partial charge in [0.05, 0.1) is 10.6 Å². The standard InChI is InChI=1S/C14H17BrClFO2/c1-4-14(5-2,19-6-3)13(18)9-7-8-10(15)11(16)12(9)17/h7-8H,4-6H2,1-3H3. The highest BCUT2D eigenvalue weighted by Crippen LogP contribution is 2.32. The third kappa shape index (κ3) is 3.18. The van der Waals surface area contributed by atoms with Gasteiger partial charge in [-0.15, -0.1) is 0 Å². The fraction of sp³-hybridized carbons (Fsp3) is 0.500. The molecule has 1 aromatic rings. The molecule has 0 aromatic heterocycles. The van der Waals surface area contributed by atoms with Crippen molar-refractivity contribution in [2.75, 3.05) is 6.61 Å². The Bertz CT molecular complexity index is 473. The van der Waals surface area contributed by atoms with Crippen molar-refractivity contribution in [1.29, 1.82) is 0 Å². The Morgan fingerprint density at radius 2 is 1.95 bits per heavy atom. The summed E-state index contributed by atoms with van der Waals surface area (Å²) in [5.74, 6) is -1.06. The second-order valence-corrected chi connectivity index (χ2v) is 5.42.